The molecule has 1 saturated heterocycles. The number of hydrogen-bond donors (Lipinski definition) is 0. The first-order chi connectivity index (χ1) is 12.2. The van der Waals surface area contributed by atoms with Gasteiger partial charge in [-0.25, -0.2) is 9.97 Å². The zero-order chi connectivity index (χ0) is 17.6. The Hall–Kier alpha value is -1.70. The van der Waals surface area contributed by atoms with Gasteiger partial charge in [-0.15, -0.1) is 0 Å². The maximum Gasteiger partial charge on any atom is 0.106 e. The van der Waals surface area contributed by atoms with E-state index in [2.05, 4.69) is 67.0 Å². The molecule has 7 nitrogen and oxygen atoms in total. The van der Waals surface area contributed by atoms with Crippen LogP contribution in [0.15, 0.2) is 24.8 Å². The van der Waals surface area contributed by atoms with Crippen LogP contribution >= 0.6 is 0 Å². The molecule has 1 aliphatic heterocycles. The molecule has 1 fully saturated rings. The molecule has 0 N–H and O–H groups in total. The van der Waals surface area contributed by atoms with Crippen LogP contribution in [0.5, 0.6) is 0 Å². The van der Waals surface area contributed by atoms with Gasteiger partial charge in [0.05, 0.1) is 13.3 Å². The average Bonchev–Trinajstić information content (AvgIpc) is 3.21. The van der Waals surface area contributed by atoms with Crippen molar-refractivity contribution in [2.45, 2.75) is 34.1 Å². The molecule has 0 atom stereocenters. The monoisotopic (exact) mass is 345 g/mol. The summed E-state index contributed by atoms with van der Waals surface area (Å²) < 4.78 is 4.47. The molecular formula is C18H31N7. The molecule has 1 aliphatic rings. The van der Waals surface area contributed by atoms with E-state index >= 15 is 0 Å². The highest BCUT2D eigenvalue weighted by Gasteiger charge is 2.16. The predicted molar refractivity (Wildman–Crippen MR) is 99.2 cm³/mol. The topological polar surface area (TPSA) is 45.4 Å². The lowest BCUT2D eigenvalue weighted by atomic mass is 10.4. The van der Waals surface area contributed by atoms with Crippen molar-refractivity contribution in [3.8, 4) is 0 Å². The fourth-order valence-electron chi connectivity index (χ4n) is 3.32. The van der Waals surface area contributed by atoms with Gasteiger partial charge < -0.3 is 14.0 Å². The van der Waals surface area contributed by atoms with Gasteiger partial charge in [-0.2, -0.15) is 0 Å². The second-order valence-corrected chi connectivity index (χ2v) is 6.84. The van der Waals surface area contributed by atoms with Gasteiger partial charge in [0.25, 0.3) is 0 Å². The van der Waals surface area contributed by atoms with Crippen LogP contribution in [0.2, 0.25) is 0 Å². The first-order valence-corrected chi connectivity index (χ1v) is 9.28. The van der Waals surface area contributed by atoms with Gasteiger partial charge in [-0.3, -0.25) is 9.80 Å². The van der Waals surface area contributed by atoms with Crippen molar-refractivity contribution < 1.29 is 0 Å². The van der Waals surface area contributed by atoms with Crippen molar-refractivity contribution in [1.29, 1.82) is 0 Å². The Kier molecular flexibility index (Phi) is 6.23. The highest BCUT2D eigenvalue weighted by molar-refractivity contribution is 4.89. The molecule has 2 aromatic rings. The summed E-state index contributed by atoms with van der Waals surface area (Å²) in [4.78, 5) is 16.3. The number of aryl methyl sites for hydroxylation is 2. The van der Waals surface area contributed by atoms with E-state index < -0.39 is 0 Å². The SMILES string of the molecule is CCN1CCN(Cn2ccnc2C)CCN(Cn2ccnc2C)CC1. The molecule has 0 saturated carbocycles. The molecule has 138 valence electrons. The minimum Gasteiger partial charge on any atom is -0.322 e. The van der Waals surface area contributed by atoms with Crippen LogP contribution in [-0.4, -0.2) is 79.6 Å². The van der Waals surface area contributed by atoms with Gasteiger partial charge in [0.1, 0.15) is 11.6 Å². The second-order valence-electron chi connectivity index (χ2n) is 6.84. The van der Waals surface area contributed by atoms with Crippen molar-refractivity contribution in [2.24, 2.45) is 0 Å². The smallest absolute Gasteiger partial charge is 0.106 e. The molecule has 25 heavy (non-hydrogen) atoms. The number of aromatic nitrogens is 4. The van der Waals surface area contributed by atoms with Crippen molar-refractivity contribution in [2.75, 3.05) is 45.8 Å². The summed E-state index contributed by atoms with van der Waals surface area (Å²) in [6.07, 6.45) is 7.93. The Morgan fingerprint density at radius 1 is 0.720 bits per heavy atom. The van der Waals surface area contributed by atoms with E-state index in [-0.39, 0.29) is 0 Å². The zero-order valence-corrected chi connectivity index (χ0v) is 15.8. The summed E-state index contributed by atoms with van der Waals surface area (Å²) in [6.45, 7) is 15.9. The minimum absolute atomic E-state index is 0.918. The third kappa shape index (κ3) is 4.90. The number of rotatable bonds is 5. The molecule has 0 bridgehead atoms. The second kappa shape index (κ2) is 8.60. The van der Waals surface area contributed by atoms with E-state index in [0.717, 1.165) is 70.8 Å². The Morgan fingerprint density at radius 2 is 1.12 bits per heavy atom. The van der Waals surface area contributed by atoms with Crippen molar-refractivity contribution in [1.82, 2.24) is 33.8 Å². The Labute approximate surface area is 150 Å². The number of likely N-dealkylation sites (N-methyl/N-ethyl adjacent to an activating group) is 1. The summed E-state index contributed by atoms with van der Waals surface area (Å²) in [6, 6.07) is 0. The van der Waals surface area contributed by atoms with Crippen LogP contribution in [0.4, 0.5) is 0 Å². The molecule has 3 rings (SSSR count). The third-order valence-electron chi connectivity index (χ3n) is 5.20. The Balaban J connectivity index is 1.66. The van der Waals surface area contributed by atoms with Gasteiger partial charge in [0, 0.05) is 64.1 Å². The lowest BCUT2D eigenvalue weighted by molar-refractivity contribution is 0.164. The highest BCUT2D eigenvalue weighted by Crippen LogP contribution is 2.06. The maximum atomic E-state index is 4.35. The Morgan fingerprint density at radius 3 is 1.44 bits per heavy atom. The van der Waals surface area contributed by atoms with E-state index in [9.17, 15) is 0 Å². The molecule has 0 radical (unpaired) electrons. The molecular weight excluding hydrogens is 314 g/mol. The standard InChI is InChI=1S/C18H31N7/c1-4-21-9-11-22(15-24-7-5-19-17(24)2)13-14-23(12-10-21)16-25-8-6-20-18(25)3/h5-8H,4,9-16H2,1-3H3. The quantitative estimate of drug-likeness (QED) is 0.816. The first kappa shape index (κ1) is 18.1. The zero-order valence-electron chi connectivity index (χ0n) is 15.8. The van der Waals surface area contributed by atoms with Crippen LogP contribution in [0.3, 0.4) is 0 Å². The molecule has 7 heteroatoms. The predicted octanol–water partition coefficient (Wildman–Crippen LogP) is 1.25. The van der Waals surface area contributed by atoms with Crippen molar-refractivity contribution in [3.63, 3.8) is 0 Å². The van der Waals surface area contributed by atoms with Crippen LogP contribution in [0.25, 0.3) is 0 Å². The van der Waals surface area contributed by atoms with E-state index in [4.69, 9.17) is 0 Å². The molecule has 0 spiro atoms. The summed E-state index contributed by atoms with van der Waals surface area (Å²) in [5, 5.41) is 0. The molecule has 2 aromatic heterocycles. The molecule has 0 aromatic carbocycles. The fraction of sp³-hybridized carbons (Fsp3) is 0.667. The van der Waals surface area contributed by atoms with Crippen molar-refractivity contribution >= 4 is 0 Å². The lowest BCUT2D eigenvalue weighted by Crippen LogP contribution is -2.37. The van der Waals surface area contributed by atoms with Gasteiger partial charge in [-0.1, -0.05) is 6.92 Å². The van der Waals surface area contributed by atoms with E-state index in [1.54, 1.807) is 0 Å². The summed E-state index contributed by atoms with van der Waals surface area (Å²) in [7, 11) is 0. The number of imidazole rings is 2. The van der Waals surface area contributed by atoms with Gasteiger partial charge in [-0.05, 0) is 20.4 Å². The normalized spacial score (nSPS) is 18.8. The van der Waals surface area contributed by atoms with Crippen LogP contribution in [0.1, 0.15) is 18.6 Å². The van der Waals surface area contributed by atoms with Gasteiger partial charge in [0.2, 0.25) is 0 Å². The third-order valence-corrected chi connectivity index (χ3v) is 5.20. The number of nitrogens with zero attached hydrogens (tertiary/aromatic N) is 7. The average molecular weight is 345 g/mol. The first-order valence-electron chi connectivity index (χ1n) is 9.28. The fourth-order valence-corrected chi connectivity index (χ4v) is 3.32. The lowest BCUT2D eigenvalue weighted by Gasteiger charge is -2.26. The Bertz CT molecular complexity index is 593. The molecule has 3 heterocycles. The van der Waals surface area contributed by atoms with Crippen LogP contribution < -0.4 is 0 Å². The van der Waals surface area contributed by atoms with Gasteiger partial charge in [0.15, 0.2) is 0 Å². The minimum atomic E-state index is 0.918. The van der Waals surface area contributed by atoms with Crippen molar-refractivity contribution in [3.05, 3.63) is 36.4 Å². The summed E-state index contributed by atoms with van der Waals surface area (Å²) >= 11 is 0. The van der Waals surface area contributed by atoms with Crippen LogP contribution in [0, 0.1) is 13.8 Å². The summed E-state index contributed by atoms with van der Waals surface area (Å²) in [5.41, 5.74) is 0. The molecule has 0 aliphatic carbocycles. The van der Waals surface area contributed by atoms with E-state index in [0.29, 0.717) is 0 Å². The largest absolute Gasteiger partial charge is 0.322 e. The molecule has 0 amide bonds. The summed E-state index contributed by atoms with van der Waals surface area (Å²) in [5.74, 6) is 2.16. The van der Waals surface area contributed by atoms with Crippen LogP contribution in [-0.2, 0) is 13.3 Å². The highest BCUT2D eigenvalue weighted by atomic mass is 15.3. The van der Waals surface area contributed by atoms with E-state index in [1.165, 1.54) is 0 Å². The van der Waals surface area contributed by atoms with E-state index in [1.807, 2.05) is 12.4 Å². The number of hydrogen-bond acceptors (Lipinski definition) is 5. The van der Waals surface area contributed by atoms with Gasteiger partial charge >= 0.3 is 0 Å². The maximum absolute atomic E-state index is 4.35. The molecule has 0 unspecified atom stereocenters.